The highest BCUT2D eigenvalue weighted by Crippen LogP contribution is 2.22. The summed E-state index contributed by atoms with van der Waals surface area (Å²) in [6.45, 7) is 0.435. The van der Waals surface area contributed by atoms with Crippen LogP contribution in [0.4, 0.5) is 0 Å². The van der Waals surface area contributed by atoms with Crippen molar-refractivity contribution in [3.8, 4) is 5.75 Å². The van der Waals surface area contributed by atoms with E-state index < -0.39 is 5.97 Å². The largest absolute Gasteiger partial charge is 0.507 e. The Morgan fingerprint density at radius 3 is 2.67 bits per heavy atom. The van der Waals surface area contributed by atoms with E-state index in [1.165, 1.54) is 12.1 Å². The van der Waals surface area contributed by atoms with E-state index in [1.54, 1.807) is 6.07 Å². The van der Waals surface area contributed by atoms with E-state index in [4.69, 9.17) is 16.6 Å². The minimum absolute atomic E-state index is 0.139. The molecule has 6 N–H and O–H groups in total. The van der Waals surface area contributed by atoms with Crippen LogP contribution in [0.2, 0.25) is 0 Å². The molecule has 0 unspecified atom stereocenters. The van der Waals surface area contributed by atoms with E-state index in [9.17, 15) is 9.90 Å². The Kier molecular flexibility index (Phi) is 3.65. The lowest BCUT2D eigenvalue weighted by atomic mass is 10.0. The third kappa shape index (κ3) is 2.68. The maximum atomic E-state index is 10.7. The number of nitrogens with two attached hydrogens (primary N) is 2. The Morgan fingerprint density at radius 1 is 1.47 bits per heavy atom. The summed E-state index contributed by atoms with van der Waals surface area (Å²) in [6.07, 6.45) is 0.573. The summed E-state index contributed by atoms with van der Waals surface area (Å²) < 4.78 is 0. The predicted molar refractivity (Wildman–Crippen MR) is 55.7 cm³/mol. The Morgan fingerprint density at radius 2 is 2.13 bits per heavy atom. The number of carboxylic acid groups (broad SMARTS) is 1. The zero-order valence-corrected chi connectivity index (χ0v) is 8.18. The number of carbonyl (C=O) groups is 1. The lowest BCUT2D eigenvalue weighted by Crippen LogP contribution is -2.15. The van der Waals surface area contributed by atoms with Gasteiger partial charge in [-0.3, -0.25) is 0 Å². The summed E-state index contributed by atoms with van der Waals surface area (Å²) in [6, 6.07) is 4.00. The van der Waals surface area contributed by atoms with E-state index >= 15 is 0 Å². The minimum atomic E-state index is -1.17. The lowest BCUT2D eigenvalue weighted by molar-refractivity contribution is 0.0693. The molecule has 1 atom stereocenters. The van der Waals surface area contributed by atoms with Gasteiger partial charge in [-0.2, -0.15) is 0 Å². The zero-order valence-electron chi connectivity index (χ0n) is 8.18. The van der Waals surface area contributed by atoms with Gasteiger partial charge in [-0.05, 0) is 30.7 Å². The Labute approximate surface area is 87.3 Å². The molecule has 1 rings (SSSR count). The SMILES string of the molecule is NCC[C@@H](N)c1ccc(O)c(C(=O)O)c1. The first kappa shape index (κ1) is 11.5. The van der Waals surface area contributed by atoms with E-state index in [1.807, 2.05) is 0 Å². The smallest absolute Gasteiger partial charge is 0.339 e. The maximum Gasteiger partial charge on any atom is 0.339 e. The summed E-state index contributed by atoms with van der Waals surface area (Å²) in [5, 5.41) is 18.0. The van der Waals surface area contributed by atoms with Crippen molar-refractivity contribution in [2.45, 2.75) is 12.5 Å². The van der Waals surface area contributed by atoms with Gasteiger partial charge in [-0.25, -0.2) is 4.79 Å². The van der Waals surface area contributed by atoms with E-state index in [0.29, 0.717) is 18.5 Å². The summed E-state index contributed by atoms with van der Waals surface area (Å²) >= 11 is 0. The van der Waals surface area contributed by atoms with Crippen molar-refractivity contribution in [3.05, 3.63) is 29.3 Å². The van der Waals surface area contributed by atoms with Crippen LogP contribution in [-0.4, -0.2) is 22.7 Å². The number of rotatable bonds is 4. The highest BCUT2D eigenvalue weighted by Gasteiger charge is 2.13. The molecule has 0 bridgehead atoms. The van der Waals surface area contributed by atoms with Crippen molar-refractivity contribution in [3.63, 3.8) is 0 Å². The van der Waals surface area contributed by atoms with Crippen LogP contribution in [0.5, 0.6) is 5.75 Å². The van der Waals surface area contributed by atoms with Crippen LogP contribution in [0.15, 0.2) is 18.2 Å². The third-order valence-corrected chi connectivity index (χ3v) is 2.16. The highest BCUT2D eigenvalue weighted by atomic mass is 16.4. The van der Waals surface area contributed by atoms with Gasteiger partial charge >= 0.3 is 5.97 Å². The Hall–Kier alpha value is -1.59. The number of aromatic hydroxyl groups is 1. The summed E-state index contributed by atoms with van der Waals surface area (Å²) in [4.78, 5) is 10.7. The second kappa shape index (κ2) is 4.77. The van der Waals surface area contributed by atoms with Gasteiger partial charge in [0.05, 0.1) is 0 Å². The first-order valence-corrected chi connectivity index (χ1v) is 4.58. The van der Waals surface area contributed by atoms with Crippen LogP contribution in [0, 0.1) is 0 Å². The fourth-order valence-electron chi connectivity index (χ4n) is 1.30. The van der Waals surface area contributed by atoms with Crippen molar-refractivity contribution in [1.82, 2.24) is 0 Å². The monoisotopic (exact) mass is 210 g/mol. The molecule has 0 amide bonds. The van der Waals surface area contributed by atoms with Crippen molar-refractivity contribution in [2.24, 2.45) is 11.5 Å². The molecule has 1 aromatic rings. The van der Waals surface area contributed by atoms with E-state index in [-0.39, 0.29) is 17.4 Å². The number of hydrogen-bond donors (Lipinski definition) is 4. The molecule has 82 valence electrons. The lowest BCUT2D eigenvalue weighted by Gasteiger charge is -2.11. The molecule has 15 heavy (non-hydrogen) atoms. The molecule has 0 aliphatic rings. The van der Waals surface area contributed by atoms with Crippen LogP contribution >= 0.6 is 0 Å². The Bertz CT molecular complexity index is 366. The molecule has 0 saturated carbocycles. The van der Waals surface area contributed by atoms with E-state index in [2.05, 4.69) is 0 Å². The van der Waals surface area contributed by atoms with Crippen LogP contribution in [0.3, 0.4) is 0 Å². The molecule has 0 aliphatic heterocycles. The number of phenols is 1. The first-order valence-electron chi connectivity index (χ1n) is 4.58. The van der Waals surface area contributed by atoms with Crippen molar-refractivity contribution in [2.75, 3.05) is 6.54 Å². The third-order valence-electron chi connectivity index (χ3n) is 2.16. The van der Waals surface area contributed by atoms with Crippen LogP contribution < -0.4 is 11.5 Å². The number of aromatic carboxylic acids is 1. The summed E-state index contributed by atoms with van der Waals surface area (Å²) in [5.41, 5.74) is 11.6. The van der Waals surface area contributed by atoms with Gasteiger partial charge in [-0.1, -0.05) is 6.07 Å². The van der Waals surface area contributed by atoms with Crippen molar-refractivity contribution in [1.29, 1.82) is 0 Å². The topological polar surface area (TPSA) is 110 Å². The number of benzene rings is 1. The summed E-state index contributed by atoms with van der Waals surface area (Å²) in [7, 11) is 0. The van der Waals surface area contributed by atoms with E-state index in [0.717, 1.165) is 0 Å². The van der Waals surface area contributed by atoms with Gasteiger partial charge in [0.15, 0.2) is 0 Å². The molecule has 0 fully saturated rings. The summed E-state index contributed by atoms with van der Waals surface area (Å²) in [5.74, 6) is -1.43. The molecular weight excluding hydrogens is 196 g/mol. The van der Waals surface area contributed by atoms with Crippen LogP contribution in [-0.2, 0) is 0 Å². The first-order chi connectivity index (χ1) is 7.06. The molecular formula is C10H14N2O3. The fourth-order valence-corrected chi connectivity index (χ4v) is 1.30. The standard InChI is InChI=1S/C10H14N2O3/c11-4-3-8(12)6-1-2-9(13)7(5-6)10(14)15/h1-2,5,8,13H,3-4,11-12H2,(H,14,15)/t8-/m1/s1. The maximum absolute atomic E-state index is 10.7. The van der Waals surface area contributed by atoms with Gasteiger partial charge < -0.3 is 21.7 Å². The van der Waals surface area contributed by atoms with Crippen LogP contribution in [0.25, 0.3) is 0 Å². The molecule has 0 heterocycles. The van der Waals surface area contributed by atoms with Crippen molar-refractivity contribution < 1.29 is 15.0 Å². The number of hydrogen-bond acceptors (Lipinski definition) is 4. The van der Waals surface area contributed by atoms with Crippen LogP contribution in [0.1, 0.15) is 28.4 Å². The predicted octanol–water partition coefficient (Wildman–Crippen LogP) is 0.439. The molecule has 0 saturated heterocycles. The molecule has 0 spiro atoms. The fraction of sp³-hybridized carbons (Fsp3) is 0.300. The average Bonchev–Trinajstić information content (AvgIpc) is 2.18. The Balaban J connectivity index is 3.02. The van der Waals surface area contributed by atoms with Crippen molar-refractivity contribution >= 4 is 5.97 Å². The molecule has 0 aliphatic carbocycles. The van der Waals surface area contributed by atoms with Gasteiger partial charge in [-0.15, -0.1) is 0 Å². The van der Waals surface area contributed by atoms with Gasteiger partial charge in [0.25, 0.3) is 0 Å². The van der Waals surface area contributed by atoms with Gasteiger partial charge in [0.1, 0.15) is 11.3 Å². The molecule has 0 aromatic heterocycles. The second-order valence-corrected chi connectivity index (χ2v) is 3.27. The molecule has 1 aromatic carbocycles. The molecule has 5 heteroatoms. The zero-order chi connectivity index (χ0) is 11.4. The highest BCUT2D eigenvalue weighted by molar-refractivity contribution is 5.90. The molecule has 5 nitrogen and oxygen atoms in total. The minimum Gasteiger partial charge on any atom is -0.507 e. The van der Waals surface area contributed by atoms with Gasteiger partial charge in [0, 0.05) is 6.04 Å². The second-order valence-electron chi connectivity index (χ2n) is 3.27. The quantitative estimate of drug-likeness (QED) is 0.576. The molecule has 0 radical (unpaired) electrons. The number of carboxylic acids is 1. The van der Waals surface area contributed by atoms with Gasteiger partial charge in [0.2, 0.25) is 0 Å². The average molecular weight is 210 g/mol. The normalized spacial score (nSPS) is 12.4.